The lowest BCUT2D eigenvalue weighted by Gasteiger charge is -2.34. The van der Waals surface area contributed by atoms with Gasteiger partial charge in [-0.3, -0.25) is 0 Å². The number of rotatable bonds is 14. The number of hydrogen-bond donors (Lipinski definition) is 0. The maximum Gasteiger partial charge on any atom is 0.338 e. The molecule has 0 unspecified atom stereocenters. The zero-order valence-corrected chi connectivity index (χ0v) is 18.9. The molecule has 0 aromatic heterocycles. The fourth-order valence-electron chi connectivity index (χ4n) is 3.00. The van der Waals surface area contributed by atoms with Gasteiger partial charge in [0.05, 0.1) is 31.3 Å². The van der Waals surface area contributed by atoms with E-state index in [-0.39, 0.29) is 11.9 Å². The van der Waals surface area contributed by atoms with Crippen LogP contribution in [0.2, 0.25) is 0 Å². The second-order valence-electron chi connectivity index (χ2n) is 8.15. The summed E-state index contributed by atoms with van der Waals surface area (Å²) in [6.07, 6.45) is 4.70. The van der Waals surface area contributed by atoms with E-state index in [4.69, 9.17) is 9.47 Å². The number of carbonyl (C=O) groups is 2. The van der Waals surface area contributed by atoms with E-state index in [1.165, 1.54) is 25.7 Å². The van der Waals surface area contributed by atoms with Crippen LogP contribution in [0.1, 0.15) is 60.2 Å². The van der Waals surface area contributed by atoms with Crippen molar-refractivity contribution < 1.29 is 23.5 Å². The van der Waals surface area contributed by atoms with Crippen molar-refractivity contribution in [3.05, 3.63) is 35.4 Å². The standard InChI is InChI=1S/C23H39N2O4/c1-6-8-15-25(5,16-9-7-2)17-19-29-23(27)21-12-10-20(11-13-21)22(26)28-18-14-24(3)4/h10-13H,6-9,14-19H2,1-5H3/q+1. The topological polar surface area (TPSA) is 55.8 Å². The first-order chi connectivity index (χ1) is 13.8. The summed E-state index contributed by atoms with van der Waals surface area (Å²) in [7, 11) is 6.09. The van der Waals surface area contributed by atoms with Crippen molar-refractivity contribution in [2.75, 3.05) is 60.5 Å². The van der Waals surface area contributed by atoms with Crippen molar-refractivity contribution in [3.8, 4) is 0 Å². The van der Waals surface area contributed by atoms with Gasteiger partial charge in [-0.25, -0.2) is 9.59 Å². The van der Waals surface area contributed by atoms with Gasteiger partial charge < -0.3 is 18.9 Å². The Morgan fingerprint density at radius 2 is 1.28 bits per heavy atom. The smallest absolute Gasteiger partial charge is 0.338 e. The summed E-state index contributed by atoms with van der Waals surface area (Å²) in [6, 6.07) is 6.45. The Morgan fingerprint density at radius 3 is 1.69 bits per heavy atom. The molecule has 29 heavy (non-hydrogen) atoms. The summed E-state index contributed by atoms with van der Waals surface area (Å²) in [5, 5.41) is 0. The van der Waals surface area contributed by atoms with Crippen molar-refractivity contribution in [3.63, 3.8) is 0 Å². The maximum absolute atomic E-state index is 12.3. The third-order valence-electron chi connectivity index (χ3n) is 5.10. The predicted octanol–water partition coefficient (Wildman–Crippen LogP) is 3.61. The van der Waals surface area contributed by atoms with Crippen molar-refractivity contribution in [2.45, 2.75) is 39.5 Å². The Balaban J connectivity index is 2.51. The molecule has 0 bridgehead atoms. The monoisotopic (exact) mass is 407 g/mol. The van der Waals surface area contributed by atoms with Crippen LogP contribution in [-0.2, 0) is 9.47 Å². The minimum Gasteiger partial charge on any atom is -0.461 e. The third-order valence-corrected chi connectivity index (χ3v) is 5.10. The molecule has 0 amide bonds. The van der Waals surface area contributed by atoms with Crippen LogP contribution in [-0.4, -0.2) is 81.9 Å². The number of quaternary nitrogens is 1. The quantitative estimate of drug-likeness (QED) is 0.348. The molecule has 0 saturated carbocycles. The number of benzene rings is 1. The molecule has 0 spiro atoms. The largest absolute Gasteiger partial charge is 0.461 e. The first-order valence-electron chi connectivity index (χ1n) is 10.7. The molecule has 1 aromatic rings. The van der Waals surface area contributed by atoms with Crippen LogP contribution in [0.5, 0.6) is 0 Å². The number of nitrogens with zero attached hydrogens (tertiary/aromatic N) is 2. The highest BCUT2D eigenvalue weighted by atomic mass is 16.5. The van der Waals surface area contributed by atoms with Crippen molar-refractivity contribution in [1.82, 2.24) is 4.90 Å². The van der Waals surface area contributed by atoms with E-state index in [1.54, 1.807) is 24.3 Å². The van der Waals surface area contributed by atoms with Crippen LogP contribution in [0.3, 0.4) is 0 Å². The molecule has 0 heterocycles. The molecule has 0 aliphatic carbocycles. The number of unbranched alkanes of at least 4 members (excludes halogenated alkanes) is 2. The highest BCUT2D eigenvalue weighted by Crippen LogP contribution is 2.11. The molecule has 0 saturated heterocycles. The van der Waals surface area contributed by atoms with Gasteiger partial charge in [-0.15, -0.1) is 0 Å². The van der Waals surface area contributed by atoms with E-state index in [9.17, 15) is 9.59 Å². The van der Waals surface area contributed by atoms with Gasteiger partial charge in [-0.05, 0) is 51.2 Å². The number of carbonyl (C=O) groups excluding carboxylic acids is 2. The molecular weight excluding hydrogens is 368 g/mol. The van der Waals surface area contributed by atoms with Gasteiger partial charge in [-0.2, -0.15) is 0 Å². The average molecular weight is 408 g/mol. The van der Waals surface area contributed by atoms with Gasteiger partial charge in [0, 0.05) is 6.54 Å². The highest BCUT2D eigenvalue weighted by Gasteiger charge is 2.21. The molecule has 164 valence electrons. The fourth-order valence-corrected chi connectivity index (χ4v) is 3.00. The lowest BCUT2D eigenvalue weighted by atomic mass is 10.1. The van der Waals surface area contributed by atoms with Crippen molar-refractivity contribution >= 4 is 11.9 Å². The van der Waals surface area contributed by atoms with Crippen LogP contribution in [0, 0.1) is 0 Å². The van der Waals surface area contributed by atoms with E-state index in [1.807, 2.05) is 19.0 Å². The van der Waals surface area contributed by atoms with Gasteiger partial charge >= 0.3 is 11.9 Å². The second kappa shape index (κ2) is 13.3. The van der Waals surface area contributed by atoms with Gasteiger partial charge in [-0.1, -0.05) is 26.7 Å². The lowest BCUT2D eigenvalue weighted by Crippen LogP contribution is -2.47. The van der Waals surface area contributed by atoms with E-state index in [0.717, 1.165) is 24.1 Å². The first kappa shape index (κ1) is 25.1. The van der Waals surface area contributed by atoms with Gasteiger partial charge in [0.15, 0.2) is 0 Å². The molecule has 1 rings (SSSR count). The average Bonchev–Trinajstić information content (AvgIpc) is 2.70. The van der Waals surface area contributed by atoms with Gasteiger partial charge in [0.2, 0.25) is 0 Å². The van der Waals surface area contributed by atoms with Crippen LogP contribution >= 0.6 is 0 Å². The Bertz CT molecular complexity index is 606. The molecule has 0 atom stereocenters. The lowest BCUT2D eigenvalue weighted by molar-refractivity contribution is -0.910. The molecule has 1 aromatic carbocycles. The van der Waals surface area contributed by atoms with Crippen LogP contribution in [0.15, 0.2) is 24.3 Å². The predicted molar refractivity (Wildman–Crippen MR) is 116 cm³/mol. The molecule has 0 N–H and O–H groups in total. The number of ether oxygens (including phenoxy) is 2. The molecule has 0 fully saturated rings. The minimum atomic E-state index is -0.383. The summed E-state index contributed by atoms with van der Waals surface area (Å²) in [5.41, 5.74) is 0.884. The number of likely N-dealkylation sites (N-methyl/N-ethyl adjacent to an activating group) is 2. The highest BCUT2D eigenvalue weighted by molar-refractivity contribution is 5.93. The summed E-state index contributed by atoms with van der Waals surface area (Å²) in [5.74, 6) is -0.734. The van der Waals surface area contributed by atoms with Crippen LogP contribution in [0.25, 0.3) is 0 Å². The van der Waals surface area contributed by atoms with Gasteiger partial charge in [0.1, 0.15) is 19.8 Å². The maximum atomic E-state index is 12.3. The van der Waals surface area contributed by atoms with Crippen molar-refractivity contribution in [2.24, 2.45) is 0 Å². The SMILES string of the molecule is CCCC[N+](C)(CCCC)CCOC(=O)c1ccc(C(=O)OCCN(C)C)cc1. The van der Waals surface area contributed by atoms with Crippen LogP contribution in [0.4, 0.5) is 0 Å². The molecule has 0 aliphatic heterocycles. The summed E-state index contributed by atoms with van der Waals surface area (Å²) < 4.78 is 11.6. The summed E-state index contributed by atoms with van der Waals surface area (Å²) in [6.45, 7) is 8.85. The van der Waals surface area contributed by atoms with E-state index < -0.39 is 0 Å². The van der Waals surface area contributed by atoms with E-state index >= 15 is 0 Å². The summed E-state index contributed by atoms with van der Waals surface area (Å²) in [4.78, 5) is 26.3. The summed E-state index contributed by atoms with van der Waals surface area (Å²) >= 11 is 0. The molecule has 6 nitrogen and oxygen atoms in total. The van der Waals surface area contributed by atoms with E-state index in [2.05, 4.69) is 20.9 Å². The van der Waals surface area contributed by atoms with Crippen LogP contribution < -0.4 is 0 Å². The normalized spacial score (nSPS) is 11.5. The number of esters is 2. The zero-order valence-electron chi connectivity index (χ0n) is 18.9. The Kier molecular flexibility index (Phi) is 11.5. The third kappa shape index (κ3) is 9.90. The first-order valence-corrected chi connectivity index (χ1v) is 10.7. The van der Waals surface area contributed by atoms with Gasteiger partial charge in [0.25, 0.3) is 0 Å². The fraction of sp³-hybridized carbons (Fsp3) is 0.652. The Hall–Kier alpha value is -1.92. The minimum absolute atomic E-state index is 0.336. The zero-order chi connectivity index (χ0) is 21.7. The molecular formula is C23H39N2O4+. The van der Waals surface area contributed by atoms with Crippen molar-refractivity contribution in [1.29, 1.82) is 0 Å². The molecule has 0 aliphatic rings. The molecule has 6 heteroatoms. The molecule has 0 radical (unpaired) electrons. The van der Waals surface area contributed by atoms with E-state index in [0.29, 0.717) is 30.9 Å². The Labute approximate surface area is 176 Å². The Morgan fingerprint density at radius 1 is 0.828 bits per heavy atom. The number of hydrogen-bond acceptors (Lipinski definition) is 5. The second-order valence-corrected chi connectivity index (χ2v) is 8.15.